The van der Waals surface area contributed by atoms with E-state index >= 15 is 0 Å². The standard InChI is InChI=1S/C22H20F3N3O4/c1-32-19-8-3-2-5-14(19)11-15(21(30)31)13-26-20(29)18-9-10-28(27-18)17-7-4-6-16(12-17)22(23,24)25/h2-10,12,15H,11,13H2,1H3,(H,26,29)(H,30,31). The fourth-order valence-corrected chi connectivity index (χ4v) is 3.10. The molecule has 1 unspecified atom stereocenters. The van der Waals surface area contributed by atoms with Crippen LogP contribution in [0.4, 0.5) is 13.2 Å². The fourth-order valence-electron chi connectivity index (χ4n) is 3.10. The van der Waals surface area contributed by atoms with Crippen molar-refractivity contribution in [3.63, 3.8) is 0 Å². The van der Waals surface area contributed by atoms with Gasteiger partial charge in [-0.05, 0) is 42.3 Å². The Morgan fingerprint density at radius 3 is 2.59 bits per heavy atom. The van der Waals surface area contributed by atoms with Gasteiger partial charge in [-0.25, -0.2) is 4.68 Å². The molecule has 0 radical (unpaired) electrons. The van der Waals surface area contributed by atoms with Gasteiger partial charge in [0.2, 0.25) is 0 Å². The molecule has 32 heavy (non-hydrogen) atoms. The molecule has 2 aromatic carbocycles. The van der Waals surface area contributed by atoms with E-state index in [0.29, 0.717) is 11.3 Å². The van der Waals surface area contributed by atoms with Crippen LogP contribution < -0.4 is 10.1 Å². The third-order valence-corrected chi connectivity index (χ3v) is 4.78. The maximum atomic E-state index is 12.9. The lowest BCUT2D eigenvalue weighted by molar-refractivity contribution is -0.141. The predicted molar refractivity (Wildman–Crippen MR) is 109 cm³/mol. The Labute approximate surface area is 181 Å². The van der Waals surface area contributed by atoms with E-state index in [1.807, 2.05) is 0 Å². The summed E-state index contributed by atoms with van der Waals surface area (Å²) in [5.74, 6) is -2.10. The van der Waals surface area contributed by atoms with Crippen molar-refractivity contribution in [3.05, 3.63) is 77.6 Å². The van der Waals surface area contributed by atoms with Crippen molar-refractivity contribution in [2.24, 2.45) is 5.92 Å². The third-order valence-electron chi connectivity index (χ3n) is 4.78. The molecule has 10 heteroatoms. The summed E-state index contributed by atoms with van der Waals surface area (Å²) in [5, 5.41) is 16.1. The third kappa shape index (κ3) is 5.45. The van der Waals surface area contributed by atoms with E-state index in [0.717, 1.165) is 16.8 Å². The zero-order valence-electron chi connectivity index (χ0n) is 17.0. The highest BCUT2D eigenvalue weighted by molar-refractivity contribution is 5.92. The van der Waals surface area contributed by atoms with Gasteiger partial charge in [-0.3, -0.25) is 9.59 Å². The number of aliphatic carboxylic acids is 1. The van der Waals surface area contributed by atoms with E-state index in [1.54, 1.807) is 24.3 Å². The van der Waals surface area contributed by atoms with Crippen molar-refractivity contribution < 1.29 is 32.6 Å². The molecule has 1 atom stereocenters. The molecular weight excluding hydrogens is 427 g/mol. The maximum absolute atomic E-state index is 12.9. The van der Waals surface area contributed by atoms with E-state index in [-0.39, 0.29) is 24.3 Å². The Morgan fingerprint density at radius 1 is 1.16 bits per heavy atom. The first kappa shape index (κ1) is 22.9. The molecule has 1 amide bonds. The minimum absolute atomic E-state index is 0.0520. The number of rotatable bonds is 8. The van der Waals surface area contributed by atoms with Crippen molar-refractivity contribution in [2.45, 2.75) is 12.6 Å². The van der Waals surface area contributed by atoms with Crippen LogP contribution >= 0.6 is 0 Å². The monoisotopic (exact) mass is 447 g/mol. The van der Waals surface area contributed by atoms with Gasteiger partial charge in [-0.1, -0.05) is 24.3 Å². The smallest absolute Gasteiger partial charge is 0.416 e. The van der Waals surface area contributed by atoms with Gasteiger partial charge in [0.05, 0.1) is 24.3 Å². The lowest BCUT2D eigenvalue weighted by Crippen LogP contribution is -2.34. The number of carboxylic acid groups (broad SMARTS) is 1. The number of ether oxygens (including phenoxy) is 1. The molecule has 1 heterocycles. The average molecular weight is 447 g/mol. The molecule has 0 spiro atoms. The number of aromatic nitrogens is 2. The fraction of sp³-hybridized carbons (Fsp3) is 0.227. The number of carbonyl (C=O) groups excluding carboxylic acids is 1. The Bertz CT molecular complexity index is 1110. The van der Waals surface area contributed by atoms with Gasteiger partial charge in [0, 0.05) is 12.7 Å². The number of methoxy groups -OCH3 is 1. The van der Waals surface area contributed by atoms with Crippen LogP contribution in [0.2, 0.25) is 0 Å². The summed E-state index contributed by atoms with van der Waals surface area (Å²) in [6.07, 6.45) is -3.01. The number of amides is 1. The zero-order valence-corrected chi connectivity index (χ0v) is 17.0. The number of nitrogens with one attached hydrogen (secondary N) is 1. The Hall–Kier alpha value is -3.82. The Morgan fingerprint density at radius 2 is 1.91 bits per heavy atom. The number of alkyl halides is 3. The van der Waals surface area contributed by atoms with Crippen LogP contribution in [0, 0.1) is 5.92 Å². The number of hydrogen-bond acceptors (Lipinski definition) is 4. The quantitative estimate of drug-likeness (QED) is 0.551. The van der Waals surface area contributed by atoms with E-state index in [1.165, 1.54) is 31.5 Å². The summed E-state index contributed by atoms with van der Waals surface area (Å²) in [5.41, 5.74) is -0.0649. The normalized spacial score (nSPS) is 12.2. The highest BCUT2D eigenvalue weighted by Gasteiger charge is 2.30. The highest BCUT2D eigenvalue weighted by Crippen LogP contribution is 2.30. The number of nitrogens with zero attached hydrogens (tertiary/aromatic N) is 2. The molecular formula is C22H20F3N3O4. The van der Waals surface area contributed by atoms with E-state index in [2.05, 4.69) is 10.4 Å². The molecule has 1 aromatic heterocycles. The summed E-state index contributed by atoms with van der Waals surface area (Å²) < 4.78 is 45.1. The van der Waals surface area contributed by atoms with E-state index in [4.69, 9.17) is 4.74 Å². The second-order valence-electron chi connectivity index (χ2n) is 6.95. The number of carbonyl (C=O) groups is 2. The Balaban J connectivity index is 1.68. The summed E-state index contributed by atoms with van der Waals surface area (Å²) in [7, 11) is 1.48. The van der Waals surface area contributed by atoms with Crippen LogP contribution in [0.1, 0.15) is 21.6 Å². The molecule has 0 saturated carbocycles. The number of para-hydroxylation sites is 1. The molecule has 0 fully saturated rings. The van der Waals surface area contributed by atoms with Crippen LogP contribution in [0.3, 0.4) is 0 Å². The van der Waals surface area contributed by atoms with Crippen molar-refractivity contribution >= 4 is 11.9 Å². The number of halogens is 3. The first-order valence-corrected chi connectivity index (χ1v) is 9.55. The number of hydrogen-bond donors (Lipinski definition) is 2. The van der Waals surface area contributed by atoms with Crippen LogP contribution in [-0.4, -0.2) is 40.4 Å². The van der Waals surface area contributed by atoms with Crippen LogP contribution in [0.5, 0.6) is 5.75 Å². The van der Waals surface area contributed by atoms with Gasteiger partial charge < -0.3 is 15.2 Å². The van der Waals surface area contributed by atoms with Crippen molar-refractivity contribution in [1.29, 1.82) is 0 Å². The van der Waals surface area contributed by atoms with Crippen LogP contribution in [0.15, 0.2) is 60.8 Å². The zero-order chi connectivity index (χ0) is 23.3. The number of carboxylic acids is 1. The molecule has 3 aromatic rings. The summed E-state index contributed by atoms with van der Waals surface area (Å²) in [6, 6.07) is 12.9. The molecule has 3 rings (SSSR count). The first-order valence-electron chi connectivity index (χ1n) is 9.55. The lowest BCUT2D eigenvalue weighted by atomic mass is 9.98. The Kier molecular flexibility index (Phi) is 6.82. The highest BCUT2D eigenvalue weighted by atomic mass is 19.4. The molecule has 168 valence electrons. The molecule has 7 nitrogen and oxygen atoms in total. The largest absolute Gasteiger partial charge is 0.496 e. The van der Waals surface area contributed by atoms with Crippen LogP contribution in [0.25, 0.3) is 5.69 Å². The van der Waals surface area contributed by atoms with Crippen molar-refractivity contribution in [2.75, 3.05) is 13.7 Å². The maximum Gasteiger partial charge on any atom is 0.416 e. The van der Waals surface area contributed by atoms with Gasteiger partial charge >= 0.3 is 12.1 Å². The lowest BCUT2D eigenvalue weighted by Gasteiger charge is -2.15. The summed E-state index contributed by atoms with van der Waals surface area (Å²) in [4.78, 5) is 24.1. The minimum Gasteiger partial charge on any atom is -0.496 e. The van der Waals surface area contributed by atoms with Gasteiger partial charge in [0.25, 0.3) is 5.91 Å². The minimum atomic E-state index is -4.50. The number of benzene rings is 2. The second-order valence-corrected chi connectivity index (χ2v) is 6.95. The first-order chi connectivity index (χ1) is 15.2. The van der Waals surface area contributed by atoms with Crippen molar-refractivity contribution in [1.82, 2.24) is 15.1 Å². The molecule has 0 bridgehead atoms. The average Bonchev–Trinajstić information content (AvgIpc) is 3.26. The van der Waals surface area contributed by atoms with Gasteiger partial charge in [-0.15, -0.1) is 0 Å². The molecule has 0 aliphatic heterocycles. The van der Waals surface area contributed by atoms with E-state index < -0.39 is 29.5 Å². The van der Waals surface area contributed by atoms with Gasteiger partial charge in [0.15, 0.2) is 5.69 Å². The summed E-state index contributed by atoms with van der Waals surface area (Å²) in [6.45, 7) is -0.164. The van der Waals surface area contributed by atoms with Crippen LogP contribution in [-0.2, 0) is 17.4 Å². The molecule has 0 aliphatic rings. The van der Waals surface area contributed by atoms with Gasteiger partial charge in [0.1, 0.15) is 5.75 Å². The van der Waals surface area contributed by atoms with Gasteiger partial charge in [-0.2, -0.15) is 18.3 Å². The van der Waals surface area contributed by atoms with E-state index in [9.17, 15) is 27.9 Å². The van der Waals surface area contributed by atoms with Crippen molar-refractivity contribution in [3.8, 4) is 11.4 Å². The second kappa shape index (κ2) is 9.54. The molecule has 0 saturated heterocycles. The topological polar surface area (TPSA) is 93.5 Å². The SMILES string of the molecule is COc1ccccc1CC(CNC(=O)c1ccn(-c2cccc(C(F)(F)F)c2)n1)C(=O)O. The predicted octanol–water partition coefficient (Wildman–Crippen LogP) is 3.57. The molecule has 2 N–H and O–H groups in total. The summed E-state index contributed by atoms with van der Waals surface area (Å²) >= 11 is 0. The molecule has 0 aliphatic carbocycles.